The zero-order valence-electron chi connectivity index (χ0n) is 22.3. The first-order chi connectivity index (χ1) is 19.6. The van der Waals surface area contributed by atoms with Crippen LogP contribution in [0.3, 0.4) is 0 Å². The van der Waals surface area contributed by atoms with Crippen LogP contribution in [0, 0.1) is 12.8 Å². The highest BCUT2D eigenvalue weighted by Gasteiger charge is 2.18. The average Bonchev–Trinajstić information content (AvgIpc) is 3.71. The maximum atomic E-state index is 12.7. The predicted octanol–water partition coefficient (Wildman–Crippen LogP) is 8.11. The molecule has 0 radical (unpaired) electrons. The van der Waals surface area contributed by atoms with Gasteiger partial charge in [0.15, 0.2) is 0 Å². The largest absolute Gasteiger partial charge is 0.353 e. The second-order valence-corrected chi connectivity index (χ2v) is 12.0. The van der Waals surface area contributed by atoms with E-state index >= 15 is 0 Å². The Balaban J connectivity index is 1.19. The molecule has 40 heavy (non-hydrogen) atoms. The van der Waals surface area contributed by atoms with Crippen molar-refractivity contribution in [2.75, 3.05) is 5.32 Å². The molecule has 200 valence electrons. The monoisotopic (exact) mass is 546 g/mol. The molecule has 7 rings (SSSR count). The van der Waals surface area contributed by atoms with Crippen molar-refractivity contribution < 1.29 is 4.79 Å². The van der Waals surface area contributed by atoms with Gasteiger partial charge in [-0.25, -0.2) is 4.98 Å². The van der Waals surface area contributed by atoms with E-state index in [1.54, 1.807) is 23.7 Å². The second kappa shape index (κ2) is 10.4. The minimum absolute atomic E-state index is 0.0577. The molecule has 8 heteroatoms. The fourth-order valence-electron chi connectivity index (χ4n) is 5.84. The third-order valence-electron chi connectivity index (χ3n) is 7.85. The summed E-state index contributed by atoms with van der Waals surface area (Å²) in [7, 11) is 0. The molecule has 0 aliphatic heterocycles. The third-order valence-corrected chi connectivity index (χ3v) is 8.88. The molecule has 0 unspecified atom stereocenters. The minimum atomic E-state index is 0.0577. The Bertz CT molecular complexity index is 1840. The number of fused-ring (bicyclic) bond motifs is 2. The number of rotatable bonds is 6. The van der Waals surface area contributed by atoms with Crippen molar-refractivity contribution in [2.45, 2.75) is 45.4 Å². The fraction of sp³-hybridized carbons (Fsp3) is 0.250. The van der Waals surface area contributed by atoms with Crippen LogP contribution in [0.4, 0.5) is 5.69 Å². The van der Waals surface area contributed by atoms with Gasteiger partial charge < -0.3 is 10.3 Å². The highest BCUT2D eigenvalue weighted by molar-refractivity contribution is 7.15. The van der Waals surface area contributed by atoms with Crippen LogP contribution in [0.2, 0.25) is 0 Å². The molecule has 7 nitrogen and oxygen atoms in total. The maximum absolute atomic E-state index is 12.7. The van der Waals surface area contributed by atoms with Gasteiger partial charge in [0, 0.05) is 44.4 Å². The summed E-state index contributed by atoms with van der Waals surface area (Å²) in [6.45, 7) is 2.13. The van der Waals surface area contributed by atoms with Gasteiger partial charge in [-0.1, -0.05) is 31.4 Å². The quantitative estimate of drug-likeness (QED) is 0.196. The topological polar surface area (TPSA) is 99.4 Å². The number of hydrogen-bond acceptors (Lipinski definition) is 5. The molecule has 1 saturated carbocycles. The molecule has 0 atom stereocenters. The van der Waals surface area contributed by atoms with Crippen LogP contribution in [-0.4, -0.2) is 31.1 Å². The number of aromatic nitrogens is 5. The van der Waals surface area contributed by atoms with Gasteiger partial charge in [0.2, 0.25) is 5.91 Å². The molecule has 0 saturated heterocycles. The Morgan fingerprint density at radius 3 is 2.77 bits per heavy atom. The third kappa shape index (κ3) is 4.79. The molecular weight excluding hydrogens is 516 g/mol. The van der Waals surface area contributed by atoms with Crippen LogP contribution < -0.4 is 5.32 Å². The lowest BCUT2D eigenvalue weighted by molar-refractivity contribution is -0.117. The van der Waals surface area contributed by atoms with Crippen molar-refractivity contribution >= 4 is 44.9 Å². The Kier molecular flexibility index (Phi) is 6.40. The first-order valence-corrected chi connectivity index (χ1v) is 14.7. The van der Waals surface area contributed by atoms with Crippen molar-refractivity contribution in [3.63, 3.8) is 0 Å². The molecule has 1 aliphatic rings. The van der Waals surface area contributed by atoms with Gasteiger partial charge in [-0.3, -0.25) is 14.9 Å². The second-order valence-electron chi connectivity index (χ2n) is 10.7. The van der Waals surface area contributed by atoms with Crippen LogP contribution in [0.15, 0.2) is 67.0 Å². The molecule has 3 N–H and O–H groups in total. The van der Waals surface area contributed by atoms with Crippen LogP contribution in [0.1, 0.15) is 43.4 Å². The molecule has 1 aromatic carbocycles. The number of anilines is 1. The fourth-order valence-corrected chi connectivity index (χ4v) is 6.75. The SMILES string of the molecule is Cc1ccc(-c2cccc3[nH]c(-c4n[nH]c5ccc(-c6cncc(NC(=O)CC7CCCCC7)c6)nc45)cc23)s1. The van der Waals surface area contributed by atoms with E-state index in [-0.39, 0.29) is 5.91 Å². The van der Waals surface area contributed by atoms with Crippen LogP contribution >= 0.6 is 11.3 Å². The van der Waals surface area contributed by atoms with E-state index in [0.29, 0.717) is 18.0 Å². The Hall–Kier alpha value is -4.30. The highest BCUT2D eigenvalue weighted by atomic mass is 32.1. The predicted molar refractivity (Wildman–Crippen MR) is 162 cm³/mol. The number of nitrogens with zero attached hydrogens (tertiary/aromatic N) is 3. The van der Waals surface area contributed by atoms with Gasteiger partial charge in [-0.05, 0) is 68.1 Å². The number of aromatic amines is 2. The molecule has 0 spiro atoms. The number of benzene rings is 1. The van der Waals surface area contributed by atoms with Crippen molar-refractivity contribution in [3.05, 3.63) is 71.9 Å². The molecule has 0 bridgehead atoms. The number of pyridine rings is 2. The summed E-state index contributed by atoms with van der Waals surface area (Å²) in [5.74, 6) is 0.547. The number of H-pyrrole nitrogens is 2. The van der Waals surface area contributed by atoms with Crippen molar-refractivity contribution in [2.24, 2.45) is 5.92 Å². The van der Waals surface area contributed by atoms with E-state index in [1.807, 2.05) is 18.2 Å². The van der Waals surface area contributed by atoms with E-state index in [2.05, 4.69) is 68.8 Å². The highest BCUT2D eigenvalue weighted by Crippen LogP contribution is 2.37. The average molecular weight is 547 g/mol. The number of amides is 1. The summed E-state index contributed by atoms with van der Waals surface area (Å²) >= 11 is 1.80. The molecule has 1 amide bonds. The molecule has 1 aliphatic carbocycles. The standard InChI is InChI=1S/C32H30N6OS/c1-19-10-13-29(40-19)23-8-5-9-26-24(23)16-28(35-26)32-31-27(37-38-32)12-11-25(36-31)21-15-22(18-33-17-21)34-30(39)14-20-6-3-2-4-7-20/h5,8-13,15-18,20,35H,2-4,6-7,14H2,1H3,(H,34,39)(H,37,38). The molecule has 5 heterocycles. The van der Waals surface area contributed by atoms with E-state index in [0.717, 1.165) is 57.4 Å². The van der Waals surface area contributed by atoms with Gasteiger partial charge in [-0.15, -0.1) is 11.3 Å². The van der Waals surface area contributed by atoms with E-state index in [1.165, 1.54) is 34.6 Å². The maximum Gasteiger partial charge on any atom is 0.224 e. The zero-order chi connectivity index (χ0) is 27.1. The first kappa shape index (κ1) is 24.7. The van der Waals surface area contributed by atoms with Crippen molar-refractivity contribution in [3.8, 4) is 33.1 Å². The number of nitrogens with one attached hydrogen (secondary N) is 3. The minimum Gasteiger partial charge on any atom is -0.353 e. The number of thiophene rings is 1. The van der Waals surface area contributed by atoms with Crippen LogP contribution in [0.25, 0.3) is 55.0 Å². The van der Waals surface area contributed by atoms with Gasteiger partial charge in [0.05, 0.1) is 28.8 Å². The summed E-state index contributed by atoms with van der Waals surface area (Å²) < 4.78 is 0. The summed E-state index contributed by atoms with van der Waals surface area (Å²) in [6, 6.07) is 18.7. The lowest BCUT2D eigenvalue weighted by Gasteiger charge is -2.20. The lowest BCUT2D eigenvalue weighted by Crippen LogP contribution is -2.18. The molecule has 6 aromatic rings. The Morgan fingerprint density at radius 1 is 1.02 bits per heavy atom. The number of carbonyl (C=O) groups excluding carboxylic acids is 1. The van der Waals surface area contributed by atoms with Crippen LogP contribution in [-0.2, 0) is 4.79 Å². The summed E-state index contributed by atoms with van der Waals surface area (Å²) in [5, 5.41) is 12.0. The Morgan fingerprint density at radius 2 is 1.93 bits per heavy atom. The normalized spacial score (nSPS) is 14.2. The lowest BCUT2D eigenvalue weighted by atomic mass is 9.87. The zero-order valence-corrected chi connectivity index (χ0v) is 23.1. The van der Waals surface area contributed by atoms with Gasteiger partial charge in [-0.2, -0.15) is 5.10 Å². The number of hydrogen-bond donors (Lipinski definition) is 3. The number of carbonyl (C=O) groups is 1. The summed E-state index contributed by atoms with van der Waals surface area (Å²) in [5.41, 5.74) is 7.90. The van der Waals surface area contributed by atoms with Gasteiger partial charge in [0.1, 0.15) is 11.2 Å². The van der Waals surface area contributed by atoms with E-state index in [4.69, 9.17) is 4.98 Å². The van der Waals surface area contributed by atoms with Gasteiger partial charge in [0.25, 0.3) is 0 Å². The summed E-state index contributed by atoms with van der Waals surface area (Å²) in [6.07, 6.45) is 10.1. The number of aryl methyl sites for hydroxylation is 1. The van der Waals surface area contributed by atoms with E-state index in [9.17, 15) is 4.79 Å². The smallest absolute Gasteiger partial charge is 0.224 e. The summed E-state index contributed by atoms with van der Waals surface area (Å²) in [4.78, 5) is 28.2. The first-order valence-electron chi connectivity index (χ1n) is 13.9. The Labute approximate surface area is 236 Å². The van der Waals surface area contributed by atoms with Crippen molar-refractivity contribution in [1.29, 1.82) is 0 Å². The molecule has 5 aromatic heterocycles. The van der Waals surface area contributed by atoms with Crippen molar-refractivity contribution in [1.82, 2.24) is 25.1 Å². The van der Waals surface area contributed by atoms with Gasteiger partial charge >= 0.3 is 0 Å². The molecular formula is C32H30N6OS. The van der Waals surface area contributed by atoms with E-state index < -0.39 is 0 Å². The molecule has 1 fully saturated rings. The van der Waals surface area contributed by atoms with Crippen LogP contribution in [0.5, 0.6) is 0 Å².